The summed E-state index contributed by atoms with van der Waals surface area (Å²) in [6.07, 6.45) is 0.118. The molecule has 0 radical (unpaired) electrons. The largest absolute Gasteiger partial charge is 0.493 e. The molecule has 0 atom stereocenters. The van der Waals surface area contributed by atoms with E-state index in [1.807, 2.05) is 36.6 Å². The van der Waals surface area contributed by atoms with Gasteiger partial charge >= 0.3 is 0 Å². The van der Waals surface area contributed by atoms with Crippen LogP contribution in [0, 0.1) is 0 Å². The van der Waals surface area contributed by atoms with Gasteiger partial charge in [0.05, 0.1) is 48.7 Å². The molecule has 0 saturated carbocycles. The summed E-state index contributed by atoms with van der Waals surface area (Å²) in [5, 5.41) is 5.56. The zero-order chi connectivity index (χ0) is 22.3. The number of ether oxygens (including phenoxy) is 2. The van der Waals surface area contributed by atoms with Gasteiger partial charge in [0.15, 0.2) is 0 Å². The molecule has 2 amide bonds. The van der Waals surface area contributed by atoms with Crippen LogP contribution in [-0.2, 0) is 16.0 Å². The number of carbonyl (C=O) groups excluding carboxylic acids is 2. The number of para-hydroxylation sites is 2. The van der Waals surface area contributed by atoms with Crippen molar-refractivity contribution in [2.24, 2.45) is 0 Å². The maximum Gasteiger partial charge on any atom is 0.256 e. The van der Waals surface area contributed by atoms with E-state index in [1.54, 1.807) is 29.2 Å². The molecule has 1 aliphatic heterocycles. The minimum atomic E-state index is -0.220. The van der Waals surface area contributed by atoms with E-state index < -0.39 is 0 Å². The number of anilines is 1. The lowest BCUT2D eigenvalue weighted by Crippen LogP contribution is -2.41. The molecule has 4 rings (SSSR count). The average molecular weight is 452 g/mol. The molecular formula is C24H25N3O4S. The number of thiazole rings is 1. The number of benzene rings is 2. The molecule has 0 aliphatic carbocycles. The first-order valence-electron chi connectivity index (χ1n) is 10.6. The van der Waals surface area contributed by atoms with Gasteiger partial charge in [-0.15, -0.1) is 11.3 Å². The molecule has 7 nitrogen and oxygen atoms in total. The highest BCUT2D eigenvalue weighted by atomic mass is 32.1. The third-order valence-corrected chi connectivity index (χ3v) is 5.96. The van der Waals surface area contributed by atoms with Gasteiger partial charge in [0.25, 0.3) is 5.91 Å². The number of nitrogens with zero attached hydrogens (tertiary/aromatic N) is 2. The molecule has 2 aromatic carbocycles. The van der Waals surface area contributed by atoms with Crippen LogP contribution >= 0.6 is 11.3 Å². The van der Waals surface area contributed by atoms with E-state index in [-0.39, 0.29) is 18.2 Å². The number of morpholine rings is 1. The second-order valence-corrected chi connectivity index (χ2v) is 8.11. The molecular weight excluding hydrogens is 426 g/mol. The molecule has 1 aliphatic rings. The smallest absolute Gasteiger partial charge is 0.256 e. The Balaban J connectivity index is 1.45. The van der Waals surface area contributed by atoms with E-state index in [0.29, 0.717) is 49.9 Å². The first-order chi connectivity index (χ1) is 15.7. The first-order valence-corrected chi connectivity index (χ1v) is 11.5. The number of carbonyl (C=O) groups is 2. The van der Waals surface area contributed by atoms with E-state index in [4.69, 9.17) is 9.47 Å². The summed E-state index contributed by atoms with van der Waals surface area (Å²) in [6.45, 7) is 4.66. The Kier molecular flexibility index (Phi) is 7.14. The van der Waals surface area contributed by atoms with E-state index in [0.717, 1.165) is 16.3 Å². The van der Waals surface area contributed by atoms with E-state index in [1.165, 1.54) is 11.3 Å². The van der Waals surface area contributed by atoms with Gasteiger partial charge in [-0.2, -0.15) is 0 Å². The molecule has 0 bridgehead atoms. The van der Waals surface area contributed by atoms with Gasteiger partial charge in [-0.1, -0.05) is 24.3 Å². The molecule has 1 fully saturated rings. The fraction of sp³-hybridized carbons (Fsp3) is 0.292. The molecule has 0 spiro atoms. The van der Waals surface area contributed by atoms with Crippen molar-refractivity contribution in [3.05, 3.63) is 65.2 Å². The monoisotopic (exact) mass is 451 g/mol. The topological polar surface area (TPSA) is 80.8 Å². The van der Waals surface area contributed by atoms with Crippen LogP contribution in [0.15, 0.2) is 53.9 Å². The highest BCUT2D eigenvalue weighted by molar-refractivity contribution is 7.13. The Bertz CT molecular complexity index is 1090. The van der Waals surface area contributed by atoms with Gasteiger partial charge in [-0.3, -0.25) is 9.59 Å². The van der Waals surface area contributed by atoms with Gasteiger partial charge in [-0.25, -0.2) is 4.98 Å². The molecule has 1 saturated heterocycles. The number of aromatic nitrogens is 1. The molecule has 166 valence electrons. The summed E-state index contributed by atoms with van der Waals surface area (Å²) in [6, 6.07) is 14.8. The number of rotatable bonds is 7. The second-order valence-electron chi connectivity index (χ2n) is 7.25. The van der Waals surface area contributed by atoms with Crippen molar-refractivity contribution in [2.75, 3.05) is 38.2 Å². The molecule has 32 heavy (non-hydrogen) atoms. The SMILES string of the molecule is CCOc1ccccc1-c1nc(CC(=O)Nc2ccccc2C(=O)N2CCOCC2)cs1. The third kappa shape index (κ3) is 5.15. The van der Waals surface area contributed by atoms with Crippen LogP contribution < -0.4 is 10.1 Å². The van der Waals surface area contributed by atoms with Crippen molar-refractivity contribution in [1.82, 2.24) is 9.88 Å². The highest BCUT2D eigenvalue weighted by Crippen LogP contribution is 2.32. The summed E-state index contributed by atoms with van der Waals surface area (Å²) in [7, 11) is 0. The zero-order valence-corrected chi connectivity index (χ0v) is 18.7. The Morgan fingerprint density at radius 1 is 1.12 bits per heavy atom. The summed E-state index contributed by atoms with van der Waals surface area (Å²) in [5.41, 5.74) is 2.57. The molecule has 0 unspecified atom stereocenters. The van der Waals surface area contributed by atoms with E-state index in [2.05, 4.69) is 10.3 Å². The number of nitrogens with one attached hydrogen (secondary N) is 1. The lowest BCUT2D eigenvalue weighted by Gasteiger charge is -2.27. The van der Waals surface area contributed by atoms with Crippen LogP contribution in [0.25, 0.3) is 10.6 Å². The molecule has 2 heterocycles. The van der Waals surface area contributed by atoms with Crippen molar-refractivity contribution in [1.29, 1.82) is 0 Å². The van der Waals surface area contributed by atoms with Crippen molar-refractivity contribution >= 4 is 28.8 Å². The van der Waals surface area contributed by atoms with Crippen LogP contribution in [0.4, 0.5) is 5.69 Å². The highest BCUT2D eigenvalue weighted by Gasteiger charge is 2.22. The zero-order valence-electron chi connectivity index (χ0n) is 17.9. The summed E-state index contributed by atoms with van der Waals surface area (Å²) in [4.78, 5) is 32.0. The van der Waals surface area contributed by atoms with Crippen LogP contribution in [0.3, 0.4) is 0 Å². The number of hydrogen-bond donors (Lipinski definition) is 1. The van der Waals surface area contributed by atoms with Crippen molar-refractivity contribution in [3.8, 4) is 16.3 Å². The number of amides is 2. The summed E-state index contributed by atoms with van der Waals surface area (Å²) in [5.74, 6) is 0.450. The van der Waals surface area contributed by atoms with Gasteiger partial charge in [-0.05, 0) is 31.2 Å². The molecule has 1 N–H and O–H groups in total. The van der Waals surface area contributed by atoms with Gasteiger partial charge in [0, 0.05) is 18.5 Å². The fourth-order valence-corrected chi connectivity index (χ4v) is 4.36. The predicted molar refractivity (Wildman–Crippen MR) is 124 cm³/mol. The Morgan fingerprint density at radius 2 is 1.88 bits per heavy atom. The summed E-state index contributed by atoms with van der Waals surface area (Å²) >= 11 is 1.47. The van der Waals surface area contributed by atoms with Crippen molar-refractivity contribution < 1.29 is 19.1 Å². The van der Waals surface area contributed by atoms with Crippen LogP contribution in [0.5, 0.6) is 5.75 Å². The van der Waals surface area contributed by atoms with Gasteiger partial charge < -0.3 is 19.7 Å². The van der Waals surface area contributed by atoms with E-state index in [9.17, 15) is 9.59 Å². The Morgan fingerprint density at radius 3 is 2.69 bits per heavy atom. The third-order valence-electron chi connectivity index (χ3n) is 5.04. The van der Waals surface area contributed by atoms with E-state index >= 15 is 0 Å². The Labute approximate surface area is 191 Å². The summed E-state index contributed by atoms with van der Waals surface area (Å²) < 4.78 is 11.0. The molecule has 3 aromatic rings. The minimum absolute atomic E-state index is 0.104. The minimum Gasteiger partial charge on any atom is -0.493 e. The lowest BCUT2D eigenvalue weighted by molar-refractivity contribution is -0.115. The van der Waals surface area contributed by atoms with Crippen molar-refractivity contribution in [2.45, 2.75) is 13.3 Å². The maximum absolute atomic E-state index is 12.9. The van der Waals surface area contributed by atoms with Crippen LogP contribution in [0.1, 0.15) is 23.0 Å². The van der Waals surface area contributed by atoms with Gasteiger partial charge in [0.2, 0.25) is 5.91 Å². The normalized spacial score (nSPS) is 13.6. The Hall–Kier alpha value is -3.23. The fourth-order valence-electron chi connectivity index (χ4n) is 3.51. The average Bonchev–Trinajstić information content (AvgIpc) is 3.28. The standard InChI is InChI=1S/C24H25N3O4S/c1-2-31-21-10-6-4-8-19(21)23-25-17(16-32-23)15-22(28)26-20-9-5-3-7-18(20)24(29)27-11-13-30-14-12-27/h3-10,16H,2,11-15H2,1H3,(H,26,28). The lowest BCUT2D eigenvalue weighted by atomic mass is 10.1. The molecule has 8 heteroatoms. The second kappa shape index (κ2) is 10.4. The molecule has 1 aromatic heterocycles. The quantitative estimate of drug-likeness (QED) is 0.590. The van der Waals surface area contributed by atoms with Crippen molar-refractivity contribution in [3.63, 3.8) is 0 Å². The number of hydrogen-bond acceptors (Lipinski definition) is 6. The van der Waals surface area contributed by atoms with Crippen LogP contribution in [-0.4, -0.2) is 54.6 Å². The predicted octanol–water partition coefficient (Wildman–Crippen LogP) is 3.86. The first kappa shape index (κ1) is 22.0. The van der Waals surface area contributed by atoms with Gasteiger partial charge in [0.1, 0.15) is 10.8 Å². The maximum atomic E-state index is 12.9. The van der Waals surface area contributed by atoms with Crippen LogP contribution in [0.2, 0.25) is 0 Å².